The Bertz CT molecular complexity index is 1630. The molecule has 1 amide bonds. The van der Waals surface area contributed by atoms with Crippen LogP contribution in [0.25, 0.3) is 0 Å². The minimum atomic E-state index is -3.87. The molecule has 1 saturated heterocycles. The minimum absolute atomic E-state index is 0.0511. The van der Waals surface area contributed by atoms with Crippen molar-refractivity contribution in [3.63, 3.8) is 0 Å². The monoisotopic (exact) mass is 697 g/mol. The quantitative estimate of drug-likeness (QED) is 0.427. The molecular weight excluding hydrogens is 650 g/mol. The van der Waals surface area contributed by atoms with Crippen LogP contribution in [0.5, 0.6) is 5.75 Å². The first-order valence-electron chi connectivity index (χ1n) is 17.7. The van der Waals surface area contributed by atoms with Crippen LogP contribution in [0.2, 0.25) is 5.02 Å². The molecule has 5 atom stereocenters. The number of ether oxygens (including phenoxy) is 3. The summed E-state index contributed by atoms with van der Waals surface area (Å²) in [6, 6.07) is 11.6. The normalized spacial score (nSPS) is 31.4. The molecule has 48 heavy (non-hydrogen) atoms. The minimum Gasteiger partial charge on any atom is -0.490 e. The van der Waals surface area contributed by atoms with Crippen molar-refractivity contribution >= 4 is 33.2 Å². The van der Waals surface area contributed by atoms with E-state index in [-0.39, 0.29) is 11.5 Å². The number of halogens is 1. The van der Waals surface area contributed by atoms with Gasteiger partial charge >= 0.3 is 0 Å². The molecule has 5 aliphatic rings. The van der Waals surface area contributed by atoms with Crippen molar-refractivity contribution in [2.24, 2.45) is 11.8 Å². The van der Waals surface area contributed by atoms with Gasteiger partial charge in [-0.3, -0.25) is 9.69 Å². The lowest BCUT2D eigenvalue weighted by molar-refractivity contribution is -0.0314. The number of hydrogen-bond donors (Lipinski definition) is 1. The molecule has 2 aromatic carbocycles. The van der Waals surface area contributed by atoms with E-state index in [4.69, 9.17) is 25.8 Å². The van der Waals surface area contributed by atoms with Crippen molar-refractivity contribution < 1.29 is 27.4 Å². The second kappa shape index (κ2) is 14.3. The van der Waals surface area contributed by atoms with E-state index in [1.165, 1.54) is 11.1 Å². The molecule has 7 rings (SSSR count). The summed E-state index contributed by atoms with van der Waals surface area (Å²) in [7, 11) is -3.87. The Balaban J connectivity index is 1.22. The molecule has 1 spiro atoms. The highest BCUT2D eigenvalue weighted by Gasteiger charge is 2.44. The fraction of sp³-hybridized carbons (Fsp3) is 0.595. The molecule has 1 saturated carbocycles. The highest BCUT2D eigenvalue weighted by Crippen LogP contribution is 2.47. The van der Waals surface area contributed by atoms with Gasteiger partial charge in [0.05, 0.1) is 43.5 Å². The number of aryl methyl sites for hydroxylation is 1. The van der Waals surface area contributed by atoms with E-state index in [9.17, 15) is 13.2 Å². The molecule has 0 aromatic heterocycles. The summed E-state index contributed by atoms with van der Waals surface area (Å²) in [5.74, 6) is 0.839. The van der Waals surface area contributed by atoms with Gasteiger partial charge in [0.25, 0.3) is 5.91 Å². The number of fused-ring (bicyclic) bond motifs is 4. The summed E-state index contributed by atoms with van der Waals surface area (Å²) in [5, 5.41) is 0.0233. The molecule has 260 valence electrons. The fourth-order valence-corrected chi connectivity index (χ4v) is 9.48. The third-order valence-corrected chi connectivity index (χ3v) is 13.3. The first kappa shape index (κ1) is 33.8. The van der Waals surface area contributed by atoms with E-state index >= 15 is 0 Å². The van der Waals surface area contributed by atoms with Crippen LogP contribution in [0.15, 0.2) is 48.6 Å². The van der Waals surface area contributed by atoms with Crippen molar-refractivity contribution in [1.29, 1.82) is 0 Å². The van der Waals surface area contributed by atoms with Crippen molar-refractivity contribution in [1.82, 2.24) is 9.62 Å². The zero-order chi connectivity index (χ0) is 33.3. The summed E-state index contributed by atoms with van der Waals surface area (Å²) in [4.78, 5) is 18.2. The SMILES string of the molecule is C[C@@H]1CC/C=C/[C@H](OCCN2CCOCC2)[C@@H]2CC[C@H]2CN2C[C@@]3(CCCc4cc(Cl)ccc43)COc3ccc(cc32)C(=O)NS1(=O)=O. The van der Waals surface area contributed by atoms with Gasteiger partial charge < -0.3 is 19.1 Å². The molecule has 2 aromatic rings. The largest absolute Gasteiger partial charge is 0.490 e. The number of morpholine rings is 1. The van der Waals surface area contributed by atoms with Crippen LogP contribution in [0.4, 0.5) is 5.69 Å². The van der Waals surface area contributed by atoms with Gasteiger partial charge in [-0.2, -0.15) is 0 Å². The Morgan fingerprint density at radius 1 is 1.10 bits per heavy atom. The van der Waals surface area contributed by atoms with Crippen molar-refractivity contribution in [2.75, 3.05) is 64.1 Å². The second-order valence-corrected chi connectivity index (χ2v) is 16.9. The molecular formula is C37H48ClN3O6S. The van der Waals surface area contributed by atoms with Crippen LogP contribution in [0.3, 0.4) is 0 Å². The maximum Gasteiger partial charge on any atom is 0.264 e. The third kappa shape index (κ3) is 7.15. The Hall–Kier alpha value is -2.63. The lowest BCUT2D eigenvalue weighted by Gasteiger charge is -2.46. The summed E-state index contributed by atoms with van der Waals surface area (Å²) < 4.78 is 47.6. The number of nitrogens with zero attached hydrogens (tertiary/aromatic N) is 2. The average Bonchev–Trinajstić information content (AvgIpc) is 3.21. The number of sulfonamides is 1. The Morgan fingerprint density at radius 2 is 1.96 bits per heavy atom. The number of allylic oxidation sites excluding steroid dienone is 1. The fourth-order valence-electron chi connectivity index (χ4n) is 8.26. The van der Waals surface area contributed by atoms with Crippen LogP contribution in [-0.4, -0.2) is 89.7 Å². The Kier molecular flexibility index (Phi) is 10.1. The first-order chi connectivity index (χ1) is 23.2. The maximum atomic E-state index is 13.4. The molecule has 1 N–H and O–H groups in total. The van der Waals surface area contributed by atoms with Crippen molar-refractivity contribution in [3.8, 4) is 5.75 Å². The Labute approximate surface area is 290 Å². The smallest absolute Gasteiger partial charge is 0.264 e. The van der Waals surface area contributed by atoms with Gasteiger partial charge in [-0.1, -0.05) is 29.8 Å². The van der Waals surface area contributed by atoms with Gasteiger partial charge in [-0.15, -0.1) is 0 Å². The van der Waals surface area contributed by atoms with Gasteiger partial charge in [0.15, 0.2) is 0 Å². The van der Waals surface area contributed by atoms with Crippen molar-refractivity contribution in [3.05, 3.63) is 70.3 Å². The standard InChI is InChI=1S/C37H48ClN3O6S/c1-26-5-2-3-7-34(46-20-17-40-15-18-45-19-16-40)31-11-8-29(31)23-41-24-37(14-4-6-27-21-30(38)10-12-32(27)37)25-47-35-13-9-28(22-33(35)41)36(42)39-48(26,43)44/h3,7,9-10,12-13,21-22,26,29,31,34H,2,4-6,8,11,14-20,23-25H2,1H3,(H,39,42)/b7-3+/t26-,29+,31-,34+,37+/m1/s1. The maximum absolute atomic E-state index is 13.4. The first-order valence-corrected chi connectivity index (χ1v) is 19.6. The molecule has 3 aliphatic heterocycles. The molecule has 2 fully saturated rings. The molecule has 2 bridgehead atoms. The summed E-state index contributed by atoms with van der Waals surface area (Å²) in [6.45, 7) is 8.59. The van der Waals surface area contributed by atoms with Gasteiger partial charge in [0.1, 0.15) is 5.75 Å². The summed E-state index contributed by atoms with van der Waals surface area (Å²) in [5.41, 5.74) is 3.47. The molecule has 11 heteroatoms. The predicted octanol–water partition coefficient (Wildman–Crippen LogP) is 5.35. The number of amides is 1. The van der Waals surface area contributed by atoms with Crippen LogP contribution in [0, 0.1) is 11.8 Å². The number of benzene rings is 2. The van der Waals surface area contributed by atoms with E-state index in [1.807, 2.05) is 18.2 Å². The summed E-state index contributed by atoms with van der Waals surface area (Å²) in [6.07, 6.45) is 10.4. The van der Waals surface area contributed by atoms with Gasteiger partial charge in [-0.25, -0.2) is 13.1 Å². The van der Waals surface area contributed by atoms with Crippen molar-refractivity contribution in [2.45, 2.75) is 68.6 Å². The second-order valence-electron chi connectivity index (χ2n) is 14.4. The van der Waals surface area contributed by atoms with Crippen LogP contribution in [-0.2, 0) is 31.3 Å². The zero-order valence-electron chi connectivity index (χ0n) is 27.9. The predicted molar refractivity (Wildman–Crippen MR) is 188 cm³/mol. The van der Waals surface area contributed by atoms with E-state index < -0.39 is 21.2 Å². The Morgan fingerprint density at radius 3 is 2.77 bits per heavy atom. The van der Waals surface area contributed by atoms with E-state index in [1.54, 1.807) is 13.0 Å². The molecule has 0 radical (unpaired) electrons. The number of anilines is 1. The third-order valence-electron chi connectivity index (χ3n) is 11.3. The number of hydrogen-bond acceptors (Lipinski definition) is 8. The van der Waals surface area contributed by atoms with E-state index in [0.29, 0.717) is 43.5 Å². The molecule has 3 heterocycles. The summed E-state index contributed by atoms with van der Waals surface area (Å²) >= 11 is 6.45. The van der Waals surface area contributed by atoms with Gasteiger partial charge in [0, 0.05) is 48.7 Å². The van der Waals surface area contributed by atoms with Crippen LogP contribution >= 0.6 is 11.6 Å². The number of nitrogens with one attached hydrogen (secondary N) is 1. The lowest BCUT2D eigenvalue weighted by atomic mass is 9.68. The molecule has 9 nitrogen and oxygen atoms in total. The molecule has 0 unspecified atom stereocenters. The number of carbonyl (C=O) groups is 1. The average molecular weight is 698 g/mol. The number of rotatable bonds is 4. The van der Waals surface area contributed by atoms with Gasteiger partial charge in [-0.05, 0) is 105 Å². The highest BCUT2D eigenvalue weighted by molar-refractivity contribution is 7.90. The van der Waals surface area contributed by atoms with Gasteiger partial charge in [0.2, 0.25) is 10.0 Å². The topological polar surface area (TPSA) is 97.4 Å². The highest BCUT2D eigenvalue weighted by atomic mass is 35.5. The molecule has 2 aliphatic carbocycles. The van der Waals surface area contributed by atoms with Crippen LogP contribution < -0.4 is 14.4 Å². The van der Waals surface area contributed by atoms with E-state index in [2.05, 4.69) is 38.8 Å². The van der Waals surface area contributed by atoms with Crippen LogP contribution in [0.1, 0.15) is 66.9 Å². The number of carbonyl (C=O) groups excluding carboxylic acids is 1. The zero-order valence-corrected chi connectivity index (χ0v) is 29.4. The van der Waals surface area contributed by atoms with E-state index in [0.717, 1.165) is 94.5 Å². The lowest BCUT2D eigenvalue weighted by Crippen LogP contribution is -2.50.